The molecule has 0 saturated heterocycles. The summed E-state index contributed by atoms with van der Waals surface area (Å²) in [5.74, 6) is -0.278. The number of rotatable bonds is 6. The first-order valence-corrected chi connectivity index (χ1v) is 4.82. The van der Waals surface area contributed by atoms with Gasteiger partial charge in [0.2, 0.25) is 11.8 Å². The molecule has 2 amide bonds. The quantitative estimate of drug-likeness (QED) is 0.405. The normalized spacial score (nSPS) is 11.0. The Morgan fingerprint density at radius 2 is 1.93 bits per heavy atom. The van der Waals surface area contributed by atoms with E-state index in [1.165, 1.54) is 6.92 Å². The highest BCUT2D eigenvalue weighted by Crippen LogP contribution is 1.92. The zero-order valence-corrected chi connectivity index (χ0v) is 9.17. The number of hydrogen-bond acceptors (Lipinski definition) is 4. The van der Waals surface area contributed by atoms with Gasteiger partial charge in [-0.25, -0.2) is 5.43 Å². The maximum absolute atomic E-state index is 11.1. The van der Waals surface area contributed by atoms with Crippen LogP contribution in [0.5, 0.6) is 0 Å². The lowest BCUT2D eigenvalue weighted by atomic mass is 10.2. The molecule has 0 unspecified atom stereocenters. The summed E-state index contributed by atoms with van der Waals surface area (Å²) >= 11 is 0. The number of hydrazone groups is 1. The molecule has 6 nitrogen and oxygen atoms in total. The zero-order chi connectivity index (χ0) is 11.7. The van der Waals surface area contributed by atoms with Crippen molar-refractivity contribution in [2.24, 2.45) is 10.8 Å². The van der Waals surface area contributed by atoms with Gasteiger partial charge in [0.1, 0.15) is 0 Å². The van der Waals surface area contributed by atoms with E-state index in [0.29, 0.717) is 31.6 Å². The van der Waals surface area contributed by atoms with Crippen molar-refractivity contribution >= 4 is 17.5 Å². The van der Waals surface area contributed by atoms with E-state index in [9.17, 15) is 9.59 Å². The molecule has 0 aromatic rings. The van der Waals surface area contributed by atoms with E-state index in [0.717, 1.165) is 0 Å². The van der Waals surface area contributed by atoms with Crippen molar-refractivity contribution in [3.63, 3.8) is 0 Å². The predicted molar refractivity (Wildman–Crippen MR) is 58.2 cm³/mol. The molecule has 0 spiro atoms. The molecule has 0 saturated carbocycles. The topological polar surface area (TPSA) is 96.6 Å². The first-order chi connectivity index (χ1) is 7.06. The molecule has 6 heteroatoms. The second-order valence-electron chi connectivity index (χ2n) is 3.15. The second-order valence-corrected chi connectivity index (χ2v) is 3.15. The molecule has 4 N–H and O–H groups in total. The van der Waals surface area contributed by atoms with Crippen molar-refractivity contribution < 1.29 is 9.59 Å². The summed E-state index contributed by atoms with van der Waals surface area (Å²) in [7, 11) is 0. The van der Waals surface area contributed by atoms with Crippen LogP contribution in [0.25, 0.3) is 0 Å². The highest BCUT2D eigenvalue weighted by molar-refractivity contribution is 5.87. The minimum atomic E-state index is -0.220. The van der Waals surface area contributed by atoms with Crippen LogP contribution in [0.15, 0.2) is 5.10 Å². The van der Waals surface area contributed by atoms with Gasteiger partial charge in [-0.2, -0.15) is 5.10 Å². The summed E-state index contributed by atoms with van der Waals surface area (Å²) in [4.78, 5) is 21.7. The first-order valence-electron chi connectivity index (χ1n) is 4.82. The Hall–Kier alpha value is -1.43. The van der Waals surface area contributed by atoms with Gasteiger partial charge in [0.25, 0.3) is 0 Å². The van der Waals surface area contributed by atoms with Crippen molar-refractivity contribution in [3.05, 3.63) is 0 Å². The molecular weight excluding hydrogens is 196 g/mol. The molecule has 0 atom stereocenters. The predicted octanol–water partition coefficient (Wildman–Crippen LogP) is -0.646. The molecule has 0 radical (unpaired) electrons. The van der Waals surface area contributed by atoms with E-state index in [1.54, 1.807) is 6.92 Å². The lowest BCUT2D eigenvalue weighted by Crippen LogP contribution is -2.29. The van der Waals surface area contributed by atoms with E-state index in [1.807, 2.05) is 0 Å². The van der Waals surface area contributed by atoms with Crippen molar-refractivity contribution in [1.29, 1.82) is 0 Å². The highest BCUT2D eigenvalue weighted by atomic mass is 16.2. The third-order valence-electron chi connectivity index (χ3n) is 1.58. The Morgan fingerprint density at radius 1 is 1.27 bits per heavy atom. The van der Waals surface area contributed by atoms with Crippen molar-refractivity contribution in [1.82, 2.24) is 10.7 Å². The van der Waals surface area contributed by atoms with Crippen LogP contribution >= 0.6 is 0 Å². The molecule has 0 aromatic heterocycles. The van der Waals surface area contributed by atoms with Gasteiger partial charge in [-0.3, -0.25) is 9.59 Å². The average Bonchev–Trinajstić information content (AvgIpc) is 2.20. The smallest absolute Gasteiger partial charge is 0.236 e. The molecule has 0 rings (SSSR count). The number of hydrogen-bond donors (Lipinski definition) is 3. The summed E-state index contributed by atoms with van der Waals surface area (Å²) in [6, 6.07) is 0. The Balaban J connectivity index is 3.69. The lowest BCUT2D eigenvalue weighted by Gasteiger charge is -2.03. The Bertz CT molecular complexity index is 250. The summed E-state index contributed by atoms with van der Waals surface area (Å²) in [5, 5.41) is 6.43. The van der Waals surface area contributed by atoms with Crippen LogP contribution in [-0.2, 0) is 9.59 Å². The van der Waals surface area contributed by atoms with Crippen LogP contribution in [-0.4, -0.2) is 30.6 Å². The minimum Gasteiger partial charge on any atom is -0.355 e. The summed E-state index contributed by atoms with van der Waals surface area (Å²) in [6.07, 6.45) is 0.881. The lowest BCUT2D eigenvalue weighted by molar-refractivity contribution is -0.121. The van der Waals surface area contributed by atoms with Gasteiger partial charge in [-0.1, -0.05) is 0 Å². The first kappa shape index (κ1) is 13.6. The van der Waals surface area contributed by atoms with Crippen molar-refractivity contribution in [2.45, 2.75) is 26.7 Å². The zero-order valence-electron chi connectivity index (χ0n) is 9.17. The molecule has 0 bridgehead atoms. The van der Waals surface area contributed by atoms with Gasteiger partial charge in [0.05, 0.1) is 0 Å². The number of nitrogens with two attached hydrogens (primary N) is 1. The maximum atomic E-state index is 11.1. The van der Waals surface area contributed by atoms with Gasteiger partial charge in [-0.05, 0) is 13.3 Å². The van der Waals surface area contributed by atoms with E-state index in [4.69, 9.17) is 5.73 Å². The SMILES string of the molecule is CC(=O)N/N=C(/C)CCC(=O)NCCN. The Morgan fingerprint density at radius 3 is 2.47 bits per heavy atom. The van der Waals surface area contributed by atoms with Gasteiger partial charge >= 0.3 is 0 Å². The Kier molecular flexibility index (Phi) is 7.17. The summed E-state index contributed by atoms with van der Waals surface area (Å²) in [5.41, 5.74) is 8.25. The fraction of sp³-hybridized carbons (Fsp3) is 0.667. The van der Waals surface area contributed by atoms with Gasteiger partial charge < -0.3 is 11.1 Å². The van der Waals surface area contributed by atoms with Crippen LogP contribution in [0.2, 0.25) is 0 Å². The molecule has 0 aliphatic rings. The maximum Gasteiger partial charge on any atom is 0.236 e. The van der Waals surface area contributed by atoms with E-state index < -0.39 is 0 Å². The van der Waals surface area contributed by atoms with Crippen molar-refractivity contribution in [3.8, 4) is 0 Å². The number of carbonyl (C=O) groups is 2. The Labute approximate surface area is 89.3 Å². The number of nitrogens with zero attached hydrogens (tertiary/aromatic N) is 1. The highest BCUT2D eigenvalue weighted by Gasteiger charge is 2.01. The molecule has 0 aliphatic carbocycles. The van der Waals surface area contributed by atoms with Gasteiger partial charge in [0.15, 0.2) is 0 Å². The van der Waals surface area contributed by atoms with E-state index >= 15 is 0 Å². The largest absolute Gasteiger partial charge is 0.355 e. The number of carbonyl (C=O) groups excluding carboxylic acids is 2. The molecule has 15 heavy (non-hydrogen) atoms. The van der Waals surface area contributed by atoms with Crippen LogP contribution in [0, 0.1) is 0 Å². The number of nitrogens with one attached hydrogen (secondary N) is 2. The number of amides is 2. The molecule has 0 aromatic carbocycles. The molecular formula is C9H18N4O2. The fourth-order valence-electron chi connectivity index (χ4n) is 0.824. The third kappa shape index (κ3) is 8.89. The summed E-state index contributed by atoms with van der Waals surface area (Å²) in [6.45, 7) is 4.06. The molecule has 0 aliphatic heterocycles. The third-order valence-corrected chi connectivity index (χ3v) is 1.58. The van der Waals surface area contributed by atoms with Crippen LogP contribution < -0.4 is 16.5 Å². The molecule has 0 fully saturated rings. The molecule has 0 heterocycles. The van der Waals surface area contributed by atoms with Gasteiger partial charge in [-0.15, -0.1) is 0 Å². The van der Waals surface area contributed by atoms with Crippen LogP contribution in [0.4, 0.5) is 0 Å². The van der Waals surface area contributed by atoms with Crippen LogP contribution in [0.3, 0.4) is 0 Å². The van der Waals surface area contributed by atoms with Gasteiger partial charge in [0, 0.05) is 32.1 Å². The second kappa shape index (κ2) is 7.93. The molecule has 86 valence electrons. The van der Waals surface area contributed by atoms with E-state index in [-0.39, 0.29) is 11.8 Å². The van der Waals surface area contributed by atoms with Crippen molar-refractivity contribution in [2.75, 3.05) is 13.1 Å². The fourth-order valence-corrected chi connectivity index (χ4v) is 0.824. The summed E-state index contributed by atoms with van der Waals surface area (Å²) < 4.78 is 0. The standard InChI is InChI=1S/C9H18N4O2/c1-7(12-13-8(2)14)3-4-9(15)11-6-5-10/h3-6,10H2,1-2H3,(H,11,15)(H,13,14)/b12-7-. The minimum absolute atomic E-state index is 0.0576. The van der Waals surface area contributed by atoms with Crippen LogP contribution in [0.1, 0.15) is 26.7 Å². The average molecular weight is 214 g/mol. The van der Waals surface area contributed by atoms with E-state index in [2.05, 4.69) is 15.8 Å². The monoisotopic (exact) mass is 214 g/mol.